The number of nitrogens with zero attached hydrogens (tertiary/aromatic N) is 1. The van der Waals surface area contributed by atoms with E-state index in [2.05, 4.69) is 0 Å². The molecule has 2 aromatic rings. The molecule has 11 heteroatoms. The molecule has 3 rings (SSSR count). The summed E-state index contributed by atoms with van der Waals surface area (Å²) in [5.41, 5.74) is -9.87. The van der Waals surface area contributed by atoms with Gasteiger partial charge in [-0.1, -0.05) is 17.7 Å². The lowest BCUT2D eigenvalue weighted by Crippen LogP contribution is -2.85. The zero-order valence-corrected chi connectivity index (χ0v) is 19.0. The molecule has 1 unspecified atom stereocenters. The van der Waals surface area contributed by atoms with Crippen LogP contribution in [-0.4, -0.2) is 77.1 Å². The highest BCUT2D eigenvalue weighted by Gasteiger charge is 2.79. The molecule has 6 atom stereocenters. The fourth-order valence-corrected chi connectivity index (χ4v) is 4.74. The molecule has 0 aliphatic carbocycles. The van der Waals surface area contributed by atoms with E-state index in [1.54, 1.807) is 12.1 Å². The van der Waals surface area contributed by atoms with Crippen molar-refractivity contribution in [1.29, 1.82) is 0 Å². The highest BCUT2D eigenvalue weighted by Crippen LogP contribution is 2.51. The number of benzene rings is 1. The molecule has 33 heavy (non-hydrogen) atoms. The Bertz CT molecular complexity index is 1170. The van der Waals surface area contributed by atoms with Gasteiger partial charge in [-0.2, -0.15) is 0 Å². The Morgan fingerprint density at radius 3 is 2.06 bits per heavy atom. The standard InChI is InChI=1S/C22H24ClNO9/c1-10(25)17(29)18-20(30,11(2)26)22(32,13(4)28)21(31,12(3)27)19(33-18)24-9-8-14-15(23)6-5-7-16(14)24/h5-10,18-19,25,30-32H,1-4H3/t10?,18-,19-,20-,21+,22+/m1/s1. The first-order chi connectivity index (χ1) is 15.2. The molecule has 4 N–H and O–H groups in total. The van der Waals surface area contributed by atoms with Crippen molar-refractivity contribution < 1.29 is 44.3 Å². The first-order valence-corrected chi connectivity index (χ1v) is 10.4. The van der Waals surface area contributed by atoms with Gasteiger partial charge in [0.2, 0.25) is 11.2 Å². The van der Waals surface area contributed by atoms with Crippen LogP contribution in [-0.2, 0) is 23.9 Å². The van der Waals surface area contributed by atoms with Crippen LogP contribution in [0.2, 0.25) is 5.02 Å². The van der Waals surface area contributed by atoms with Crippen LogP contribution in [0.25, 0.3) is 10.9 Å². The molecule has 1 aromatic carbocycles. The van der Waals surface area contributed by atoms with Crippen LogP contribution in [0, 0.1) is 0 Å². The molecule has 0 radical (unpaired) electrons. The molecule has 2 heterocycles. The van der Waals surface area contributed by atoms with Crippen LogP contribution in [0.1, 0.15) is 33.9 Å². The zero-order valence-electron chi connectivity index (χ0n) is 18.3. The largest absolute Gasteiger partial charge is 0.386 e. The Kier molecular flexibility index (Phi) is 6.16. The molecule has 0 saturated carbocycles. The van der Waals surface area contributed by atoms with Crippen molar-refractivity contribution in [3.05, 3.63) is 35.5 Å². The third-order valence-electron chi connectivity index (χ3n) is 6.32. The van der Waals surface area contributed by atoms with E-state index in [1.165, 1.54) is 18.3 Å². The number of fused-ring (bicyclic) bond motifs is 1. The number of aliphatic hydroxyl groups is 4. The minimum absolute atomic E-state index is 0.287. The summed E-state index contributed by atoms with van der Waals surface area (Å²) in [6.07, 6.45) is -4.76. The second-order valence-corrected chi connectivity index (χ2v) is 8.66. The Morgan fingerprint density at radius 1 is 1.00 bits per heavy atom. The molecule has 1 aliphatic heterocycles. The molecule has 0 amide bonds. The number of carbonyl (C=O) groups is 4. The fourth-order valence-electron chi connectivity index (χ4n) is 4.50. The van der Waals surface area contributed by atoms with E-state index in [0.29, 0.717) is 10.4 Å². The first kappa shape index (κ1) is 25.2. The highest BCUT2D eigenvalue weighted by molar-refractivity contribution is 6.35. The first-order valence-electron chi connectivity index (χ1n) is 9.99. The van der Waals surface area contributed by atoms with Gasteiger partial charge in [-0.05, 0) is 45.9 Å². The normalized spacial score (nSPS) is 33.0. The number of Topliss-reactive ketones (excluding diaryl/α,β-unsaturated/α-hetero) is 4. The maximum absolute atomic E-state index is 12.8. The number of halogens is 1. The summed E-state index contributed by atoms with van der Waals surface area (Å²) in [5, 5.41) is 45.2. The number of carbonyl (C=O) groups excluding carboxylic acids is 4. The lowest BCUT2D eigenvalue weighted by molar-refractivity contribution is -0.327. The number of aromatic nitrogens is 1. The third-order valence-corrected chi connectivity index (χ3v) is 6.65. The smallest absolute Gasteiger partial charge is 0.207 e. The topological polar surface area (TPSA) is 163 Å². The number of hydrogen-bond donors (Lipinski definition) is 4. The predicted molar refractivity (Wildman–Crippen MR) is 114 cm³/mol. The van der Waals surface area contributed by atoms with Crippen LogP contribution >= 0.6 is 11.6 Å². The predicted octanol–water partition coefficient (Wildman–Crippen LogP) is 0.102. The number of ether oxygens (including phenoxy) is 1. The van der Waals surface area contributed by atoms with Crippen LogP contribution in [0.5, 0.6) is 0 Å². The number of ketones is 4. The summed E-state index contributed by atoms with van der Waals surface area (Å²) >= 11 is 6.20. The quantitative estimate of drug-likeness (QED) is 0.448. The maximum atomic E-state index is 12.8. The van der Waals surface area contributed by atoms with E-state index in [4.69, 9.17) is 16.3 Å². The lowest BCUT2D eigenvalue weighted by Gasteiger charge is -2.57. The molecular weight excluding hydrogens is 458 g/mol. The summed E-state index contributed by atoms with van der Waals surface area (Å²) in [5.74, 6) is -5.18. The summed E-state index contributed by atoms with van der Waals surface area (Å²) in [7, 11) is 0. The van der Waals surface area contributed by atoms with Gasteiger partial charge < -0.3 is 29.7 Å². The van der Waals surface area contributed by atoms with E-state index in [9.17, 15) is 39.6 Å². The van der Waals surface area contributed by atoms with Crippen LogP contribution in [0.4, 0.5) is 0 Å². The van der Waals surface area contributed by atoms with E-state index < -0.39 is 58.4 Å². The van der Waals surface area contributed by atoms with Crippen LogP contribution in [0.3, 0.4) is 0 Å². The SMILES string of the molecule is CC(=O)[C@]1(O)[C@@](O)(C(C)=O)[C@@H](C(=O)C(C)O)O[C@@H](n2ccc3c(Cl)cccc32)[C@@]1(O)C(C)=O. The Labute approximate surface area is 193 Å². The van der Waals surface area contributed by atoms with Gasteiger partial charge in [-0.15, -0.1) is 0 Å². The van der Waals surface area contributed by atoms with Crippen molar-refractivity contribution in [3.63, 3.8) is 0 Å². The third kappa shape index (κ3) is 3.13. The van der Waals surface area contributed by atoms with Crippen molar-refractivity contribution in [2.75, 3.05) is 0 Å². The van der Waals surface area contributed by atoms with Crippen LogP contribution < -0.4 is 0 Å². The van der Waals surface area contributed by atoms with E-state index in [1.807, 2.05) is 0 Å². The Hall–Kier alpha value is -2.47. The number of rotatable bonds is 6. The average molecular weight is 482 g/mol. The van der Waals surface area contributed by atoms with Gasteiger partial charge >= 0.3 is 0 Å². The Morgan fingerprint density at radius 2 is 1.58 bits per heavy atom. The van der Waals surface area contributed by atoms with Gasteiger partial charge in [0, 0.05) is 16.6 Å². The molecular formula is C22H24ClNO9. The van der Waals surface area contributed by atoms with Crippen molar-refractivity contribution in [3.8, 4) is 0 Å². The minimum atomic E-state index is -3.52. The number of hydrogen-bond acceptors (Lipinski definition) is 9. The van der Waals surface area contributed by atoms with Crippen molar-refractivity contribution in [2.24, 2.45) is 0 Å². The van der Waals surface area contributed by atoms with Crippen molar-refractivity contribution in [2.45, 2.75) is 62.9 Å². The lowest BCUT2D eigenvalue weighted by atomic mass is 9.59. The highest BCUT2D eigenvalue weighted by atomic mass is 35.5. The van der Waals surface area contributed by atoms with Crippen molar-refractivity contribution >= 4 is 45.6 Å². The molecule has 10 nitrogen and oxygen atoms in total. The summed E-state index contributed by atoms with van der Waals surface area (Å²) in [4.78, 5) is 51.1. The zero-order chi connectivity index (χ0) is 25.1. The van der Waals surface area contributed by atoms with E-state index in [0.717, 1.165) is 32.3 Å². The molecule has 1 fully saturated rings. The second kappa shape index (κ2) is 8.08. The summed E-state index contributed by atoms with van der Waals surface area (Å²) < 4.78 is 6.81. The minimum Gasteiger partial charge on any atom is -0.386 e. The molecule has 178 valence electrons. The average Bonchev–Trinajstić information content (AvgIpc) is 3.16. The van der Waals surface area contributed by atoms with Crippen LogP contribution in [0.15, 0.2) is 30.5 Å². The van der Waals surface area contributed by atoms with Gasteiger partial charge in [0.05, 0.1) is 5.52 Å². The second-order valence-electron chi connectivity index (χ2n) is 8.25. The van der Waals surface area contributed by atoms with Gasteiger partial charge in [-0.3, -0.25) is 19.2 Å². The van der Waals surface area contributed by atoms with Gasteiger partial charge in [0.15, 0.2) is 41.1 Å². The summed E-state index contributed by atoms with van der Waals surface area (Å²) in [6.45, 7) is 3.37. The Balaban J connectivity index is 2.44. The molecule has 1 aromatic heterocycles. The van der Waals surface area contributed by atoms with Gasteiger partial charge in [-0.25, -0.2) is 0 Å². The number of aliphatic hydroxyl groups excluding tert-OH is 1. The molecule has 0 bridgehead atoms. The van der Waals surface area contributed by atoms with Crippen molar-refractivity contribution in [1.82, 2.24) is 4.57 Å². The molecule has 1 aliphatic rings. The van der Waals surface area contributed by atoms with Gasteiger partial charge in [0.25, 0.3) is 0 Å². The van der Waals surface area contributed by atoms with E-state index in [-0.39, 0.29) is 5.52 Å². The maximum Gasteiger partial charge on any atom is 0.207 e. The van der Waals surface area contributed by atoms with Gasteiger partial charge in [0.1, 0.15) is 6.10 Å². The molecule has 0 spiro atoms. The summed E-state index contributed by atoms with van der Waals surface area (Å²) in [6, 6.07) is 6.17. The molecule has 1 saturated heterocycles. The fraction of sp³-hybridized carbons (Fsp3) is 0.455. The van der Waals surface area contributed by atoms with E-state index >= 15 is 0 Å². The monoisotopic (exact) mass is 481 g/mol.